The summed E-state index contributed by atoms with van der Waals surface area (Å²) in [6.45, 7) is 0.0453. The molecule has 0 unspecified atom stereocenters. The molecule has 3 N–H and O–H groups in total. The first-order chi connectivity index (χ1) is 5.70. The molecule has 0 aromatic heterocycles. The second kappa shape index (κ2) is 6.75. The van der Waals surface area contributed by atoms with Gasteiger partial charge in [-0.2, -0.15) is 0 Å². The number of aliphatic carboxylic acids is 1. The van der Waals surface area contributed by atoms with Crippen molar-refractivity contribution in [1.82, 2.24) is 0 Å². The number of hydrogen-bond acceptors (Lipinski definition) is 3. The Balaban J connectivity index is 3.93. The van der Waals surface area contributed by atoms with Crippen LogP contribution in [0.1, 0.15) is 6.42 Å². The van der Waals surface area contributed by atoms with Gasteiger partial charge in [-0.3, -0.25) is 0 Å². The molecule has 0 aliphatic heterocycles. The number of aliphatic hydroxyl groups is 2. The van der Waals surface area contributed by atoms with Crippen molar-refractivity contribution in [3.8, 4) is 0 Å². The summed E-state index contributed by atoms with van der Waals surface area (Å²) in [5.74, 6) is -0.947. The molecule has 0 heterocycles. The average molecular weight is 176 g/mol. The van der Waals surface area contributed by atoms with Gasteiger partial charge in [0.1, 0.15) is 12.8 Å². The van der Waals surface area contributed by atoms with E-state index in [9.17, 15) is 4.79 Å². The third-order valence-electron chi connectivity index (χ3n) is 1.24. The average Bonchev–Trinajstić information content (AvgIpc) is 2.00. The zero-order valence-electron chi connectivity index (χ0n) is 6.81. The second-order valence-electron chi connectivity index (χ2n) is 2.28. The Morgan fingerprint density at radius 1 is 1.33 bits per heavy atom. The Kier molecular flexibility index (Phi) is 6.22. The van der Waals surface area contributed by atoms with Crippen LogP contribution in [0.15, 0.2) is 0 Å². The van der Waals surface area contributed by atoms with Crippen LogP contribution in [0.25, 0.3) is 0 Å². The molecule has 0 aromatic rings. The molecule has 5 nitrogen and oxygen atoms in total. The fourth-order valence-electron chi connectivity index (χ4n) is 0.777. The molecular weight excluding hydrogens is 162 g/mol. The highest BCUT2D eigenvalue weighted by Gasteiger charge is 2.08. The van der Waals surface area contributed by atoms with E-state index in [2.05, 4.69) is 0 Å². The quantitative estimate of drug-likeness (QED) is 0.341. The van der Waals surface area contributed by atoms with Gasteiger partial charge in [-0.05, 0) is 0 Å². The molecule has 0 radical (unpaired) electrons. The Labute approximate surface area is 70.6 Å². The Hall–Kier alpha value is -0.940. The van der Waals surface area contributed by atoms with Crippen molar-refractivity contribution in [3.63, 3.8) is 0 Å². The number of rotatable bonds is 6. The monoisotopic (exact) mass is 176 g/mol. The van der Waals surface area contributed by atoms with Crippen LogP contribution in [0.2, 0.25) is 0 Å². The van der Waals surface area contributed by atoms with Crippen molar-refractivity contribution in [2.75, 3.05) is 26.3 Å². The summed E-state index contributed by atoms with van der Waals surface area (Å²) in [6, 6.07) is 0. The molecule has 0 aromatic carbocycles. The molecule has 0 rings (SSSR count). The van der Waals surface area contributed by atoms with Crippen molar-refractivity contribution < 1.29 is 24.7 Å². The van der Waals surface area contributed by atoms with Gasteiger partial charge in [0.25, 0.3) is 0 Å². The lowest BCUT2D eigenvalue weighted by Crippen LogP contribution is -2.24. The Morgan fingerprint density at radius 3 is 2.42 bits per heavy atom. The maximum Gasteiger partial charge on any atom is 0.369 e. The summed E-state index contributed by atoms with van der Waals surface area (Å²) in [5, 5.41) is 25.4. The lowest BCUT2D eigenvalue weighted by molar-refractivity contribution is -0.517. The summed E-state index contributed by atoms with van der Waals surface area (Å²) >= 11 is 0. The first-order valence-corrected chi connectivity index (χ1v) is 3.71. The normalized spacial score (nSPS) is 11.7. The van der Waals surface area contributed by atoms with E-state index >= 15 is 0 Å². The summed E-state index contributed by atoms with van der Waals surface area (Å²) in [7, 11) is 0. The maximum absolute atomic E-state index is 10.2. The van der Waals surface area contributed by atoms with Crippen LogP contribution < -0.4 is 0 Å². The van der Waals surface area contributed by atoms with Crippen molar-refractivity contribution in [2.45, 2.75) is 6.42 Å². The molecule has 0 fully saturated rings. The van der Waals surface area contributed by atoms with Gasteiger partial charge in [0.15, 0.2) is 6.54 Å². The van der Waals surface area contributed by atoms with E-state index < -0.39 is 5.97 Å². The van der Waals surface area contributed by atoms with Crippen LogP contribution in [-0.2, 0) is 4.79 Å². The highest BCUT2D eigenvalue weighted by atomic mass is 16.4. The molecular formula is C7H14NO4+. The molecule has 0 saturated heterocycles. The predicted molar refractivity (Wildman–Crippen MR) is 42.5 cm³/mol. The number of carboxylic acids is 1. The first-order valence-electron chi connectivity index (χ1n) is 3.71. The molecule has 0 bridgehead atoms. The third-order valence-corrected chi connectivity index (χ3v) is 1.24. The smallest absolute Gasteiger partial charge is 0.369 e. The van der Waals surface area contributed by atoms with Crippen molar-refractivity contribution >= 4 is 12.2 Å². The van der Waals surface area contributed by atoms with E-state index in [4.69, 9.17) is 15.3 Å². The molecule has 0 aliphatic carbocycles. The number of carboxylic acid groups (broad SMARTS) is 1. The zero-order valence-corrected chi connectivity index (χ0v) is 6.81. The Bertz CT molecular complexity index is 167. The van der Waals surface area contributed by atoms with E-state index in [-0.39, 0.29) is 26.3 Å². The fourth-order valence-corrected chi connectivity index (χ4v) is 0.777. The minimum Gasteiger partial charge on any atom is -0.477 e. The molecule has 0 aliphatic rings. The maximum atomic E-state index is 10.2. The fraction of sp³-hybridized carbons (Fsp3) is 0.714. The number of nitrogens with zero attached hydrogens (tertiary/aromatic N) is 1. The molecule has 0 amide bonds. The third kappa shape index (κ3) is 5.82. The summed E-state index contributed by atoms with van der Waals surface area (Å²) in [6.07, 6.45) is 1.98. The second-order valence-corrected chi connectivity index (χ2v) is 2.28. The van der Waals surface area contributed by atoms with Gasteiger partial charge in [0.2, 0.25) is 6.54 Å². The molecule has 0 atom stereocenters. The van der Waals surface area contributed by atoms with Gasteiger partial charge in [0.05, 0.1) is 6.61 Å². The first kappa shape index (κ1) is 11.1. The van der Waals surface area contributed by atoms with E-state index in [0.717, 1.165) is 0 Å². The lowest BCUT2D eigenvalue weighted by atomic mass is 10.4. The zero-order chi connectivity index (χ0) is 9.40. The summed E-state index contributed by atoms with van der Waals surface area (Å²) in [4.78, 5) is 10.2. The highest BCUT2D eigenvalue weighted by molar-refractivity contribution is 5.68. The van der Waals surface area contributed by atoms with Crippen molar-refractivity contribution in [1.29, 1.82) is 0 Å². The molecule has 5 heteroatoms. The SMILES string of the molecule is O=C(O)C[N+](=CCCO)CCO. The van der Waals surface area contributed by atoms with Crippen LogP contribution in [-0.4, -0.2) is 58.4 Å². The predicted octanol–water partition coefficient (Wildman–Crippen LogP) is -1.47. The van der Waals surface area contributed by atoms with Crippen molar-refractivity contribution in [2.24, 2.45) is 0 Å². The standard InChI is InChI=1S/C7H13NO4/c9-4-1-2-8(3-5-10)6-7(11)12/h2,9-10H,1,3-6H2/p+1. The van der Waals surface area contributed by atoms with Crippen LogP contribution in [0, 0.1) is 0 Å². The van der Waals surface area contributed by atoms with Gasteiger partial charge in [0, 0.05) is 6.42 Å². The lowest BCUT2D eigenvalue weighted by Gasteiger charge is -1.97. The minimum absolute atomic E-state index is 0.0124. The highest BCUT2D eigenvalue weighted by Crippen LogP contribution is 1.77. The van der Waals surface area contributed by atoms with Gasteiger partial charge in [-0.15, -0.1) is 0 Å². The van der Waals surface area contributed by atoms with E-state index in [0.29, 0.717) is 6.42 Å². The molecule has 0 saturated carbocycles. The van der Waals surface area contributed by atoms with E-state index in [1.54, 1.807) is 6.21 Å². The van der Waals surface area contributed by atoms with Gasteiger partial charge in [-0.1, -0.05) is 0 Å². The van der Waals surface area contributed by atoms with Gasteiger partial charge < -0.3 is 15.3 Å². The number of hydrogen-bond donors (Lipinski definition) is 3. The molecule has 0 spiro atoms. The van der Waals surface area contributed by atoms with Crippen LogP contribution >= 0.6 is 0 Å². The van der Waals surface area contributed by atoms with Crippen LogP contribution in [0.5, 0.6) is 0 Å². The summed E-state index contributed by atoms with van der Waals surface area (Å²) < 4.78 is 1.46. The van der Waals surface area contributed by atoms with E-state index in [1.807, 2.05) is 0 Å². The number of carbonyl (C=O) groups is 1. The van der Waals surface area contributed by atoms with Crippen LogP contribution in [0.4, 0.5) is 0 Å². The van der Waals surface area contributed by atoms with E-state index in [1.165, 1.54) is 4.58 Å². The van der Waals surface area contributed by atoms with Crippen molar-refractivity contribution in [3.05, 3.63) is 0 Å². The Morgan fingerprint density at radius 2 is 2.00 bits per heavy atom. The molecule has 70 valence electrons. The topological polar surface area (TPSA) is 80.8 Å². The molecule has 12 heavy (non-hydrogen) atoms. The van der Waals surface area contributed by atoms with Crippen LogP contribution in [0.3, 0.4) is 0 Å². The summed E-state index contributed by atoms with van der Waals surface area (Å²) in [5.41, 5.74) is 0. The van der Waals surface area contributed by atoms with Gasteiger partial charge in [-0.25, -0.2) is 9.37 Å². The largest absolute Gasteiger partial charge is 0.477 e. The number of aliphatic hydroxyl groups excluding tert-OH is 2. The minimum atomic E-state index is -0.947. The van der Waals surface area contributed by atoms with Gasteiger partial charge >= 0.3 is 5.97 Å².